The number of esters is 1. The van der Waals surface area contributed by atoms with Crippen LogP contribution in [0.4, 0.5) is 0 Å². The zero-order chi connectivity index (χ0) is 35.1. The minimum atomic E-state index is -0.960. The summed E-state index contributed by atoms with van der Waals surface area (Å²) in [4.78, 5) is 48.0. The number of fused-ring (bicyclic) bond motifs is 8. The molecule has 1 N–H and O–H groups in total. The predicted octanol–water partition coefficient (Wildman–Crippen LogP) is 8.58. The van der Waals surface area contributed by atoms with Gasteiger partial charge in [0.2, 0.25) is 0 Å². The first-order chi connectivity index (χ1) is 23.1. The molecule has 264 valence electrons. The fourth-order valence-corrected chi connectivity index (χ4v) is 12.8. The van der Waals surface area contributed by atoms with Crippen LogP contribution in [0.2, 0.25) is 0 Å². The summed E-state index contributed by atoms with van der Waals surface area (Å²) in [5.41, 5.74) is 7.65. The second kappa shape index (κ2) is 12.1. The summed E-state index contributed by atoms with van der Waals surface area (Å²) in [5.74, 6) is 2.23. The third-order valence-corrected chi connectivity index (χ3v) is 15.3. The zero-order valence-electron chi connectivity index (χ0n) is 30.5. The van der Waals surface area contributed by atoms with E-state index in [9.17, 15) is 24.3 Å². The van der Waals surface area contributed by atoms with Gasteiger partial charge in [-0.1, -0.05) is 31.6 Å². The molecular weight excluding hydrogens is 612 g/mol. The second-order valence-corrected chi connectivity index (χ2v) is 17.3. The fraction of sp³-hybridized carbons (Fsp3) is 0.674. The average molecular weight is 669 g/mol. The van der Waals surface area contributed by atoms with E-state index in [2.05, 4.69) is 20.4 Å². The molecule has 0 aromatic carbocycles. The number of hydrogen-bond acceptors (Lipinski definition) is 6. The molecule has 0 aromatic rings. The lowest BCUT2D eigenvalue weighted by Gasteiger charge is -2.52. The van der Waals surface area contributed by atoms with Crippen LogP contribution in [-0.4, -0.2) is 39.6 Å². The molecule has 0 spiro atoms. The zero-order valence-corrected chi connectivity index (χ0v) is 30.5. The third-order valence-electron chi connectivity index (χ3n) is 15.3. The molecule has 4 saturated carbocycles. The van der Waals surface area contributed by atoms with Crippen molar-refractivity contribution in [3.63, 3.8) is 0 Å². The van der Waals surface area contributed by atoms with E-state index < -0.39 is 11.2 Å². The molecule has 8 aliphatic rings. The number of hydrogen-bond donors (Lipinski definition) is 1. The molecule has 4 unspecified atom stereocenters. The number of carbonyl (C=O) groups is 4. The minimum Gasteiger partial charge on any atom is -0.451 e. The summed E-state index contributed by atoms with van der Waals surface area (Å²) in [6.07, 6.45) is 18.7. The van der Waals surface area contributed by atoms with Crippen LogP contribution in [0.25, 0.3) is 0 Å². The molecule has 0 radical (unpaired) electrons. The highest BCUT2D eigenvalue weighted by atomic mass is 16.6. The highest BCUT2D eigenvalue weighted by molar-refractivity contribution is 5.93. The van der Waals surface area contributed by atoms with Crippen LogP contribution < -0.4 is 0 Å². The molecule has 6 heteroatoms. The van der Waals surface area contributed by atoms with Crippen LogP contribution in [-0.2, 0) is 23.9 Å². The highest BCUT2D eigenvalue weighted by Crippen LogP contribution is 2.66. The lowest BCUT2D eigenvalue weighted by Crippen LogP contribution is -2.55. The first-order valence-electron chi connectivity index (χ1n) is 19.2. The summed E-state index contributed by atoms with van der Waals surface area (Å²) in [6.45, 7) is 13.6. The Balaban J connectivity index is 0.000000155. The molecule has 8 atom stereocenters. The van der Waals surface area contributed by atoms with Crippen LogP contribution in [0.15, 0.2) is 57.7 Å². The molecule has 0 aliphatic heterocycles. The normalized spacial score (nSPS) is 40.7. The van der Waals surface area contributed by atoms with Crippen LogP contribution in [0.3, 0.4) is 0 Å². The lowest BCUT2D eigenvalue weighted by molar-refractivity contribution is -0.181. The predicted molar refractivity (Wildman–Crippen MR) is 189 cm³/mol. The molecule has 4 fully saturated rings. The van der Waals surface area contributed by atoms with E-state index in [1.165, 1.54) is 34.8 Å². The monoisotopic (exact) mass is 668 g/mol. The molecule has 0 aromatic heterocycles. The maximum Gasteiger partial charge on any atom is 0.303 e. The standard InChI is InChI=1S/C22H28O4.C21H28O2/c1-13(23)22(26-14(2)24)11-9-20-19-6-4-15-12-16(25)5-7-17(15)18(19)8-10-21(20,22)3;1-13(2)21(23)11-9-19-18-6-4-14-12-15(22)5-7-16(14)17(18)8-10-20(19,21)3/h12,19-20H,4-11H2,1-3H3;12,18-19,23H,1,4-11H2,2-3H3/t19?,20?,21-,22-;18?,19?,20-,21-/m00/s1. The Morgan fingerprint density at radius 1 is 0.694 bits per heavy atom. The molecule has 0 amide bonds. The van der Waals surface area contributed by atoms with E-state index in [0.29, 0.717) is 48.7 Å². The van der Waals surface area contributed by atoms with E-state index >= 15 is 0 Å². The SMILES string of the molecule is C=C(C)[C@@]1(O)CCC2C3CCC4=CC(=O)CCC4=C3CC[C@@]21C.CC(=O)O[C@]1(C(C)=O)CCC2C3CCC4=CC(=O)CCC4=C3CC[C@@]21C. The smallest absolute Gasteiger partial charge is 0.303 e. The summed E-state index contributed by atoms with van der Waals surface area (Å²) < 4.78 is 5.77. The first-order valence-corrected chi connectivity index (χ1v) is 19.2. The number of ketones is 3. The molecule has 0 saturated heterocycles. The number of ether oxygens (including phenoxy) is 1. The van der Waals surface area contributed by atoms with Crippen molar-refractivity contribution in [1.29, 1.82) is 0 Å². The second-order valence-electron chi connectivity index (χ2n) is 17.3. The Kier molecular flexibility index (Phi) is 8.56. The van der Waals surface area contributed by atoms with Gasteiger partial charge in [-0.25, -0.2) is 0 Å². The van der Waals surface area contributed by atoms with E-state index in [0.717, 1.165) is 89.0 Å². The van der Waals surface area contributed by atoms with Gasteiger partial charge >= 0.3 is 5.97 Å². The summed E-state index contributed by atoms with van der Waals surface area (Å²) in [6, 6.07) is 0. The first kappa shape index (κ1) is 34.6. The molecule has 0 heterocycles. The molecule has 49 heavy (non-hydrogen) atoms. The van der Waals surface area contributed by atoms with Gasteiger partial charge in [-0.15, -0.1) is 0 Å². The summed E-state index contributed by atoms with van der Waals surface area (Å²) >= 11 is 0. The van der Waals surface area contributed by atoms with Crippen molar-refractivity contribution < 1.29 is 29.0 Å². The van der Waals surface area contributed by atoms with Crippen molar-refractivity contribution in [2.24, 2.45) is 34.5 Å². The third kappa shape index (κ3) is 5.12. The van der Waals surface area contributed by atoms with Gasteiger partial charge in [-0.3, -0.25) is 19.2 Å². The van der Waals surface area contributed by atoms with Gasteiger partial charge in [0.1, 0.15) is 0 Å². The Bertz CT molecular complexity index is 1650. The quantitative estimate of drug-likeness (QED) is 0.239. The van der Waals surface area contributed by atoms with Gasteiger partial charge in [0.15, 0.2) is 23.0 Å². The van der Waals surface area contributed by atoms with Crippen molar-refractivity contribution in [3.05, 3.63) is 57.7 Å². The number of aliphatic hydroxyl groups is 1. The number of Topliss-reactive ketones (excluding diaryl/α,β-unsaturated/α-hetero) is 1. The van der Waals surface area contributed by atoms with Crippen LogP contribution in [0.5, 0.6) is 0 Å². The fourth-order valence-electron chi connectivity index (χ4n) is 12.8. The van der Waals surface area contributed by atoms with Crippen molar-refractivity contribution >= 4 is 23.3 Å². The van der Waals surface area contributed by atoms with Gasteiger partial charge in [-0.05, 0) is 167 Å². The van der Waals surface area contributed by atoms with E-state index in [1.807, 2.05) is 19.1 Å². The van der Waals surface area contributed by atoms with E-state index in [1.54, 1.807) is 12.5 Å². The highest BCUT2D eigenvalue weighted by Gasteiger charge is 2.66. The van der Waals surface area contributed by atoms with Crippen LogP contribution in [0.1, 0.15) is 137 Å². The van der Waals surface area contributed by atoms with Crippen molar-refractivity contribution in [1.82, 2.24) is 0 Å². The minimum absolute atomic E-state index is 0.00606. The summed E-state index contributed by atoms with van der Waals surface area (Å²) in [5, 5.41) is 11.3. The van der Waals surface area contributed by atoms with E-state index in [-0.39, 0.29) is 28.4 Å². The Hall–Kier alpha value is -2.86. The number of allylic oxidation sites excluding steroid dienone is 8. The maximum absolute atomic E-state index is 12.7. The molecular formula is C43H56O6. The van der Waals surface area contributed by atoms with Gasteiger partial charge < -0.3 is 9.84 Å². The van der Waals surface area contributed by atoms with Crippen molar-refractivity contribution in [3.8, 4) is 0 Å². The van der Waals surface area contributed by atoms with Gasteiger partial charge in [0, 0.05) is 30.6 Å². The van der Waals surface area contributed by atoms with Crippen LogP contribution in [0, 0.1) is 34.5 Å². The van der Waals surface area contributed by atoms with Gasteiger partial charge in [-0.2, -0.15) is 0 Å². The molecule has 8 rings (SSSR count). The largest absolute Gasteiger partial charge is 0.451 e. The Morgan fingerprint density at radius 2 is 1.18 bits per heavy atom. The van der Waals surface area contributed by atoms with Crippen molar-refractivity contribution in [2.45, 2.75) is 149 Å². The molecule has 6 nitrogen and oxygen atoms in total. The Morgan fingerprint density at radius 3 is 1.67 bits per heavy atom. The van der Waals surface area contributed by atoms with Crippen LogP contribution >= 0.6 is 0 Å². The van der Waals surface area contributed by atoms with E-state index in [4.69, 9.17) is 4.74 Å². The van der Waals surface area contributed by atoms with Crippen molar-refractivity contribution in [2.75, 3.05) is 0 Å². The molecule has 0 bridgehead atoms. The molecule has 8 aliphatic carbocycles. The number of carbonyl (C=O) groups excluding carboxylic acids is 4. The average Bonchev–Trinajstić information content (AvgIpc) is 3.51. The summed E-state index contributed by atoms with van der Waals surface area (Å²) in [7, 11) is 0. The topological polar surface area (TPSA) is 97.7 Å². The Labute approximate surface area is 292 Å². The maximum atomic E-state index is 12.7. The van der Waals surface area contributed by atoms with Gasteiger partial charge in [0.25, 0.3) is 0 Å². The number of rotatable bonds is 3. The lowest BCUT2D eigenvalue weighted by atomic mass is 9.54. The van der Waals surface area contributed by atoms with Gasteiger partial charge in [0.05, 0.1) is 5.60 Å².